The average molecular weight is 328 g/mol. The Labute approximate surface area is 128 Å². The lowest BCUT2D eigenvalue weighted by atomic mass is 9.87. The molecule has 1 aromatic carbocycles. The number of oxime groups is 1. The molecule has 0 fully saturated rings. The number of amides is 1. The number of esters is 1. The first-order chi connectivity index (χ1) is 10.8. The van der Waals surface area contributed by atoms with E-state index in [2.05, 4.69) is 9.89 Å². The quantitative estimate of drug-likeness (QED) is 0.733. The van der Waals surface area contributed by atoms with Gasteiger partial charge in [0.1, 0.15) is 0 Å². The molecular weight excluding hydrogens is 317 g/mol. The van der Waals surface area contributed by atoms with Gasteiger partial charge in [-0.1, -0.05) is 23.4 Å². The van der Waals surface area contributed by atoms with E-state index in [1.165, 1.54) is 18.2 Å². The molecule has 1 aromatic rings. The maximum Gasteiger partial charge on any atom is 0.471 e. The van der Waals surface area contributed by atoms with E-state index in [9.17, 15) is 22.8 Å². The Balaban J connectivity index is 2.05. The van der Waals surface area contributed by atoms with Crippen LogP contribution in [0.1, 0.15) is 5.56 Å². The third kappa shape index (κ3) is 2.41. The number of anilines is 1. The Morgan fingerprint density at radius 3 is 2.70 bits per heavy atom. The van der Waals surface area contributed by atoms with Gasteiger partial charge in [-0.25, -0.2) is 4.79 Å². The van der Waals surface area contributed by atoms with Gasteiger partial charge in [-0.05, 0) is 6.07 Å². The topological polar surface area (TPSA) is 68.2 Å². The number of rotatable bonds is 1. The zero-order valence-electron chi connectivity index (χ0n) is 11.8. The first-order valence-electron chi connectivity index (χ1n) is 6.64. The van der Waals surface area contributed by atoms with E-state index in [1.807, 2.05) is 0 Å². The lowest BCUT2D eigenvalue weighted by Crippen LogP contribution is -2.51. The summed E-state index contributed by atoms with van der Waals surface area (Å²) in [5, 5.41) is 3.80. The summed E-state index contributed by atoms with van der Waals surface area (Å²) in [5.74, 6) is -3.57. The van der Waals surface area contributed by atoms with E-state index >= 15 is 0 Å². The molecule has 0 saturated heterocycles. The molecule has 0 unspecified atom stereocenters. The van der Waals surface area contributed by atoms with Crippen molar-refractivity contribution < 1.29 is 32.3 Å². The van der Waals surface area contributed by atoms with Crippen LogP contribution in [0.4, 0.5) is 18.9 Å². The van der Waals surface area contributed by atoms with E-state index in [0.717, 1.165) is 7.11 Å². The van der Waals surface area contributed by atoms with E-state index < -0.39 is 30.1 Å². The highest BCUT2D eigenvalue weighted by molar-refractivity contribution is 6.14. The third-order valence-corrected chi connectivity index (χ3v) is 3.75. The van der Waals surface area contributed by atoms with Crippen LogP contribution in [0.25, 0.3) is 0 Å². The van der Waals surface area contributed by atoms with Gasteiger partial charge >= 0.3 is 18.1 Å². The van der Waals surface area contributed by atoms with Gasteiger partial charge in [0.05, 0.1) is 24.4 Å². The number of alkyl halides is 3. The normalized spacial score (nSPS) is 22.6. The number of carbonyl (C=O) groups excluding carboxylic acids is 2. The maximum absolute atomic E-state index is 12.8. The molecule has 9 heteroatoms. The molecule has 122 valence electrons. The number of benzene rings is 1. The molecule has 2 aliphatic rings. The van der Waals surface area contributed by atoms with Crippen molar-refractivity contribution in [3.05, 3.63) is 29.8 Å². The van der Waals surface area contributed by atoms with Gasteiger partial charge in [0, 0.05) is 12.1 Å². The highest BCUT2D eigenvalue weighted by atomic mass is 19.4. The number of hydrogen-bond donors (Lipinski definition) is 0. The molecule has 0 saturated carbocycles. The fourth-order valence-electron chi connectivity index (χ4n) is 2.72. The zero-order chi connectivity index (χ0) is 16.8. The number of carbonyl (C=O) groups is 2. The second-order valence-electron chi connectivity index (χ2n) is 5.06. The predicted octanol–water partition coefficient (Wildman–Crippen LogP) is 1.49. The van der Waals surface area contributed by atoms with Crippen molar-refractivity contribution in [3.8, 4) is 0 Å². The Kier molecular flexibility index (Phi) is 3.50. The first-order valence-corrected chi connectivity index (χ1v) is 6.64. The number of hydrogen-bond acceptors (Lipinski definition) is 5. The summed E-state index contributed by atoms with van der Waals surface area (Å²) >= 11 is 0. The number of ether oxygens (including phenoxy) is 1. The molecule has 3 rings (SSSR count). The Morgan fingerprint density at radius 2 is 2.04 bits per heavy atom. The molecule has 6 nitrogen and oxygen atoms in total. The van der Waals surface area contributed by atoms with Crippen molar-refractivity contribution >= 4 is 23.3 Å². The molecule has 2 heterocycles. The number of methoxy groups -OCH3 is 1. The van der Waals surface area contributed by atoms with Gasteiger partial charge in [-0.15, -0.1) is 0 Å². The zero-order valence-corrected chi connectivity index (χ0v) is 11.8. The van der Waals surface area contributed by atoms with Crippen LogP contribution in [0.2, 0.25) is 0 Å². The molecule has 0 N–H and O–H groups in total. The fraction of sp³-hybridized carbons (Fsp3) is 0.357. The molecule has 2 aliphatic heterocycles. The number of halogens is 3. The fourth-order valence-corrected chi connectivity index (χ4v) is 2.72. The van der Waals surface area contributed by atoms with Crippen LogP contribution < -0.4 is 4.90 Å². The van der Waals surface area contributed by atoms with E-state index in [4.69, 9.17) is 4.84 Å². The third-order valence-electron chi connectivity index (χ3n) is 3.75. The lowest BCUT2D eigenvalue weighted by molar-refractivity contribution is -0.170. The highest BCUT2D eigenvalue weighted by Crippen LogP contribution is 2.37. The van der Waals surface area contributed by atoms with Crippen molar-refractivity contribution in [1.29, 1.82) is 0 Å². The summed E-state index contributed by atoms with van der Waals surface area (Å²) in [6, 6.07) is 6.04. The van der Waals surface area contributed by atoms with Crippen LogP contribution in [0.5, 0.6) is 0 Å². The Bertz CT molecular complexity index is 702. The van der Waals surface area contributed by atoms with Crippen LogP contribution in [-0.4, -0.2) is 43.5 Å². The summed E-state index contributed by atoms with van der Waals surface area (Å²) < 4.78 is 43.1. The van der Waals surface area contributed by atoms with Crippen molar-refractivity contribution in [2.75, 3.05) is 18.6 Å². The van der Waals surface area contributed by atoms with Gasteiger partial charge in [-0.3, -0.25) is 4.79 Å². The molecule has 2 atom stereocenters. The van der Waals surface area contributed by atoms with Gasteiger partial charge in [0.25, 0.3) is 0 Å². The molecule has 1 amide bonds. The number of fused-ring (bicyclic) bond motifs is 3. The molecule has 0 aliphatic carbocycles. The summed E-state index contributed by atoms with van der Waals surface area (Å²) in [6.45, 7) is -0.367. The van der Waals surface area contributed by atoms with Crippen molar-refractivity contribution in [3.63, 3.8) is 0 Å². The van der Waals surface area contributed by atoms with Gasteiger partial charge < -0.3 is 14.5 Å². The number of para-hydroxylation sites is 1. The minimum atomic E-state index is -5.03. The van der Waals surface area contributed by atoms with Crippen LogP contribution in [0, 0.1) is 5.92 Å². The SMILES string of the molecule is COC(=O)[C@@H]1ON=C2c3ccccc3N(C(=O)C(F)(F)F)C[C@H]21. The number of nitrogens with zero attached hydrogens (tertiary/aromatic N) is 2. The monoisotopic (exact) mass is 328 g/mol. The van der Waals surface area contributed by atoms with Crippen molar-refractivity contribution in [1.82, 2.24) is 0 Å². The lowest BCUT2D eigenvalue weighted by Gasteiger charge is -2.33. The maximum atomic E-state index is 12.8. The van der Waals surface area contributed by atoms with Crippen LogP contribution in [0.15, 0.2) is 29.4 Å². The van der Waals surface area contributed by atoms with E-state index in [-0.39, 0.29) is 12.2 Å². The smallest absolute Gasteiger partial charge is 0.466 e. The molecule has 0 spiro atoms. The summed E-state index contributed by atoms with van der Waals surface area (Å²) in [7, 11) is 1.14. The first kappa shape index (κ1) is 15.3. The largest absolute Gasteiger partial charge is 0.471 e. The second kappa shape index (κ2) is 5.25. The summed E-state index contributed by atoms with van der Waals surface area (Å²) in [5.41, 5.74) is 0.744. The van der Waals surface area contributed by atoms with Crippen molar-refractivity contribution in [2.45, 2.75) is 12.3 Å². The van der Waals surface area contributed by atoms with Gasteiger partial charge in [0.2, 0.25) is 6.10 Å². The van der Waals surface area contributed by atoms with Crippen molar-refractivity contribution in [2.24, 2.45) is 11.1 Å². The van der Waals surface area contributed by atoms with Crippen LogP contribution in [0.3, 0.4) is 0 Å². The van der Waals surface area contributed by atoms with Gasteiger partial charge in [-0.2, -0.15) is 13.2 Å². The highest BCUT2D eigenvalue weighted by Gasteiger charge is 2.51. The summed E-state index contributed by atoms with van der Waals surface area (Å²) in [4.78, 5) is 29.0. The van der Waals surface area contributed by atoms with Crippen LogP contribution >= 0.6 is 0 Å². The molecule has 0 aromatic heterocycles. The van der Waals surface area contributed by atoms with Crippen LogP contribution in [-0.2, 0) is 19.2 Å². The molecule has 0 radical (unpaired) electrons. The predicted molar refractivity (Wildman–Crippen MR) is 71.8 cm³/mol. The molecular formula is C14H11F3N2O4. The average Bonchev–Trinajstić information content (AvgIpc) is 2.95. The minimum absolute atomic E-state index is 0.0824. The second-order valence-corrected chi connectivity index (χ2v) is 5.06. The van der Waals surface area contributed by atoms with E-state index in [0.29, 0.717) is 16.2 Å². The standard InChI is InChI=1S/C14H11F3N2O4/c1-22-12(20)11-8-6-19(13(21)14(15,16)17)9-5-3-2-4-7(9)10(8)18-23-11/h2-5,8,11H,6H2,1H3/t8-,11-/m1/s1. The minimum Gasteiger partial charge on any atom is -0.466 e. The Morgan fingerprint density at radius 1 is 1.35 bits per heavy atom. The molecule has 0 bridgehead atoms. The van der Waals surface area contributed by atoms with Gasteiger partial charge in [0.15, 0.2) is 0 Å². The Hall–Kier alpha value is -2.58. The summed E-state index contributed by atoms with van der Waals surface area (Å²) in [6.07, 6.45) is -6.20. The molecule has 23 heavy (non-hydrogen) atoms. The van der Waals surface area contributed by atoms with E-state index in [1.54, 1.807) is 6.07 Å².